The zero-order chi connectivity index (χ0) is 16.9. The highest BCUT2D eigenvalue weighted by Gasteiger charge is 2.32. The summed E-state index contributed by atoms with van der Waals surface area (Å²) >= 11 is 11.7. The maximum atomic E-state index is 12.4. The molecule has 3 rings (SSSR count). The Hall–Kier alpha value is -1.83. The first-order chi connectivity index (χ1) is 11.6. The molecule has 0 spiro atoms. The second-order valence-electron chi connectivity index (χ2n) is 5.36. The molecule has 1 aliphatic heterocycles. The summed E-state index contributed by atoms with van der Waals surface area (Å²) < 4.78 is 0. The molecule has 2 aromatic carbocycles. The number of hydrogen-bond acceptors (Lipinski definition) is 5. The molecule has 1 saturated heterocycles. The first kappa shape index (κ1) is 17.0. The summed E-state index contributed by atoms with van der Waals surface area (Å²) in [5.74, 6) is -0.131. The largest absolute Gasteiger partial charge is 0.367 e. The molecule has 2 unspecified atom stereocenters. The van der Waals surface area contributed by atoms with Crippen molar-refractivity contribution in [2.45, 2.75) is 18.8 Å². The zero-order valence-electron chi connectivity index (χ0n) is 12.6. The number of carbonyl (C=O) groups excluding carboxylic acids is 1. The smallest absolute Gasteiger partial charge is 0.242 e. The summed E-state index contributed by atoms with van der Waals surface area (Å²) in [6.07, 6.45) is -0.309. The maximum Gasteiger partial charge on any atom is 0.242 e. The summed E-state index contributed by atoms with van der Waals surface area (Å²) in [6, 6.07) is 14.2. The van der Waals surface area contributed by atoms with E-state index in [1.807, 2.05) is 24.3 Å². The molecule has 0 radical (unpaired) electrons. The number of hydrazine groups is 2. The van der Waals surface area contributed by atoms with Crippen LogP contribution in [-0.4, -0.2) is 18.1 Å². The van der Waals surface area contributed by atoms with Crippen LogP contribution >= 0.6 is 23.2 Å². The number of rotatable bonds is 5. The number of halogens is 2. The van der Waals surface area contributed by atoms with E-state index in [1.54, 1.807) is 24.3 Å². The van der Waals surface area contributed by atoms with Crippen molar-refractivity contribution >= 4 is 34.8 Å². The molecule has 1 heterocycles. The number of carbonyl (C=O) groups is 1. The Morgan fingerprint density at radius 2 is 1.58 bits per heavy atom. The van der Waals surface area contributed by atoms with Gasteiger partial charge in [0.2, 0.25) is 5.91 Å². The number of benzene rings is 2. The monoisotopic (exact) mass is 365 g/mol. The molecular formula is C16H17Cl2N5O. The molecule has 126 valence electrons. The van der Waals surface area contributed by atoms with E-state index in [0.717, 1.165) is 11.3 Å². The lowest BCUT2D eigenvalue weighted by Crippen LogP contribution is -2.50. The predicted molar refractivity (Wildman–Crippen MR) is 95.4 cm³/mol. The lowest BCUT2D eigenvalue weighted by molar-refractivity contribution is -0.123. The third-order valence-corrected chi connectivity index (χ3v) is 4.12. The average Bonchev–Trinajstić information content (AvgIpc) is 3.04. The topological polar surface area (TPSA) is 77.2 Å². The van der Waals surface area contributed by atoms with E-state index in [9.17, 15) is 4.79 Å². The van der Waals surface area contributed by atoms with E-state index < -0.39 is 6.04 Å². The fourth-order valence-corrected chi connectivity index (χ4v) is 2.58. The highest BCUT2D eigenvalue weighted by molar-refractivity contribution is 6.30. The van der Waals surface area contributed by atoms with Gasteiger partial charge in [0, 0.05) is 22.3 Å². The van der Waals surface area contributed by atoms with Crippen molar-refractivity contribution in [2.24, 2.45) is 0 Å². The number of nitrogens with one attached hydrogen (secondary N) is 5. The van der Waals surface area contributed by atoms with Crippen LogP contribution in [0.25, 0.3) is 0 Å². The Morgan fingerprint density at radius 3 is 2.25 bits per heavy atom. The molecule has 1 amide bonds. The highest BCUT2D eigenvalue weighted by atomic mass is 35.5. The minimum Gasteiger partial charge on any atom is -0.367 e. The Balaban J connectivity index is 1.56. The van der Waals surface area contributed by atoms with Crippen LogP contribution in [0.15, 0.2) is 48.5 Å². The summed E-state index contributed by atoms with van der Waals surface area (Å²) in [7, 11) is 0. The van der Waals surface area contributed by atoms with Gasteiger partial charge in [-0.3, -0.25) is 4.79 Å². The van der Waals surface area contributed by atoms with Gasteiger partial charge in [0.1, 0.15) is 12.2 Å². The van der Waals surface area contributed by atoms with E-state index in [-0.39, 0.29) is 12.1 Å². The van der Waals surface area contributed by atoms with Gasteiger partial charge in [-0.1, -0.05) is 35.3 Å². The molecule has 1 aliphatic rings. The SMILES string of the molecule is O=C(NCc1ccc(Cl)cc1)C1NNNC1Nc1ccc(Cl)cc1. The first-order valence-corrected chi connectivity index (χ1v) is 8.18. The highest BCUT2D eigenvalue weighted by Crippen LogP contribution is 2.15. The van der Waals surface area contributed by atoms with Crippen molar-refractivity contribution in [1.82, 2.24) is 21.7 Å². The van der Waals surface area contributed by atoms with E-state index >= 15 is 0 Å². The quantitative estimate of drug-likeness (QED) is 0.560. The lowest BCUT2D eigenvalue weighted by Gasteiger charge is -2.20. The maximum absolute atomic E-state index is 12.4. The van der Waals surface area contributed by atoms with Gasteiger partial charge in [-0.05, 0) is 42.0 Å². The van der Waals surface area contributed by atoms with Crippen LogP contribution in [0.1, 0.15) is 5.56 Å². The Kier molecular flexibility index (Phi) is 5.55. The average molecular weight is 366 g/mol. The summed E-state index contributed by atoms with van der Waals surface area (Å²) in [4.78, 5) is 12.4. The fraction of sp³-hybridized carbons (Fsp3) is 0.188. The summed E-state index contributed by atoms with van der Waals surface area (Å²) in [5.41, 5.74) is 10.5. The van der Waals surface area contributed by atoms with Crippen LogP contribution in [0.3, 0.4) is 0 Å². The third kappa shape index (κ3) is 4.37. The van der Waals surface area contributed by atoms with E-state index in [1.165, 1.54) is 0 Å². The minimum atomic E-state index is -0.479. The van der Waals surface area contributed by atoms with Crippen molar-refractivity contribution in [3.63, 3.8) is 0 Å². The Labute approximate surface area is 149 Å². The van der Waals surface area contributed by atoms with Gasteiger partial charge in [-0.2, -0.15) is 5.53 Å². The van der Waals surface area contributed by atoms with Crippen molar-refractivity contribution in [1.29, 1.82) is 0 Å². The lowest BCUT2D eigenvalue weighted by atomic mass is 10.2. The molecule has 0 aliphatic carbocycles. The second kappa shape index (κ2) is 7.83. The number of hydrogen-bond donors (Lipinski definition) is 5. The summed E-state index contributed by atoms with van der Waals surface area (Å²) in [6.45, 7) is 0.432. The van der Waals surface area contributed by atoms with Gasteiger partial charge in [0.05, 0.1) is 0 Å². The molecule has 0 bridgehead atoms. The van der Waals surface area contributed by atoms with Gasteiger partial charge < -0.3 is 10.6 Å². The van der Waals surface area contributed by atoms with E-state index in [0.29, 0.717) is 16.6 Å². The van der Waals surface area contributed by atoms with Crippen molar-refractivity contribution in [3.05, 3.63) is 64.1 Å². The molecule has 8 heteroatoms. The van der Waals surface area contributed by atoms with Crippen LogP contribution in [0, 0.1) is 0 Å². The van der Waals surface area contributed by atoms with Crippen molar-refractivity contribution in [3.8, 4) is 0 Å². The van der Waals surface area contributed by atoms with Gasteiger partial charge in [0.25, 0.3) is 0 Å². The third-order valence-electron chi connectivity index (χ3n) is 3.62. The summed E-state index contributed by atoms with van der Waals surface area (Å²) in [5, 5.41) is 7.46. The number of anilines is 1. The molecular weight excluding hydrogens is 349 g/mol. The van der Waals surface area contributed by atoms with E-state index in [4.69, 9.17) is 23.2 Å². The van der Waals surface area contributed by atoms with Gasteiger partial charge in [-0.15, -0.1) is 0 Å². The van der Waals surface area contributed by atoms with E-state index in [2.05, 4.69) is 27.0 Å². The van der Waals surface area contributed by atoms with Gasteiger partial charge in [-0.25, -0.2) is 10.9 Å². The van der Waals surface area contributed by atoms with Crippen molar-refractivity contribution in [2.75, 3.05) is 5.32 Å². The molecule has 5 N–H and O–H groups in total. The Bertz CT molecular complexity index is 693. The standard InChI is InChI=1S/C16H17Cl2N5O/c17-11-3-1-10(2-4-11)9-19-16(24)14-15(22-23-21-14)20-13-7-5-12(18)6-8-13/h1-8,14-15,20-23H,9H2,(H,19,24). The molecule has 1 fully saturated rings. The van der Waals surface area contributed by atoms with Crippen LogP contribution in [0.2, 0.25) is 10.0 Å². The van der Waals surface area contributed by atoms with Crippen LogP contribution in [0.5, 0.6) is 0 Å². The predicted octanol–water partition coefficient (Wildman–Crippen LogP) is 2.03. The molecule has 0 saturated carbocycles. The fourth-order valence-electron chi connectivity index (χ4n) is 2.33. The van der Waals surface area contributed by atoms with Crippen LogP contribution in [-0.2, 0) is 11.3 Å². The zero-order valence-corrected chi connectivity index (χ0v) is 14.2. The molecule has 24 heavy (non-hydrogen) atoms. The Morgan fingerprint density at radius 1 is 0.958 bits per heavy atom. The molecule has 2 atom stereocenters. The molecule has 2 aromatic rings. The van der Waals surface area contributed by atoms with Crippen LogP contribution < -0.4 is 27.0 Å². The normalized spacial score (nSPS) is 19.9. The van der Waals surface area contributed by atoms with Crippen LogP contribution in [0.4, 0.5) is 5.69 Å². The first-order valence-electron chi connectivity index (χ1n) is 7.42. The van der Waals surface area contributed by atoms with Crippen molar-refractivity contribution < 1.29 is 4.79 Å². The molecule has 0 aromatic heterocycles. The van der Waals surface area contributed by atoms with Gasteiger partial charge in [0.15, 0.2) is 0 Å². The number of amides is 1. The second-order valence-corrected chi connectivity index (χ2v) is 6.24. The minimum absolute atomic E-state index is 0.131. The molecule has 6 nitrogen and oxygen atoms in total. The van der Waals surface area contributed by atoms with Gasteiger partial charge >= 0.3 is 0 Å².